The van der Waals surface area contributed by atoms with Crippen molar-refractivity contribution in [1.82, 2.24) is 4.90 Å². The van der Waals surface area contributed by atoms with Crippen LogP contribution < -0.4 is 0 Å². The molecule has 0 bridgehead atoms. The molecule has 4 atom stereocenters. The fourth-order valence-electron chi connectivity index (χ4n) is 2.95. The highest BCUT2D eigenvalue weighted by atomic mass is 16.6. The summed E-state index contributed by atoms with van der Waals surface area (Å²) >= 11 is 0. The molecule has 1 heterocycles. The van der Waals surface area contributed by atoms with Crippen molar-refractivity contribution in [2.24, 2.45) is 11.8 Å². The van der Waals surface area contributed by atoms with Crippen molar-refractivity contribution in [3.05, 3.63) is 0 Å². The largest absolute Gasteiger partial charge is 0.444 e. The molecular formula is C13H19NO3. The van der Waals surface area contributed by atoms with Crippen molar-refractivity contribution < 1.29 is 14.3 Å². The molecule has 1 saturated heterocycles. The molecule has 94 valence electrons. The molecule has 3 rings (SSSR count). The minimum Gasteiger partial charge on any atom is -0.444 e. The van der Waals surface area contributed by atoms with Crippen LogP contribution in [0.1, 0.15) is 40.0 Å². The molecule has 2 saturated carbocycles. The highest BCUT2D eigenvalue weighted by Crippen LogP contribution is 2.53. The van der Waals surface area contributed by atoms with E-state index >= 15 is 0 Å². The van der Waals surface area contributed by atoms with E-state index in [9.17, 15) is 9.59 Å². The minimum atomic E-state index is -0.456. The lowest BCUT2D eigenvalue weighted by molar-refractivity contribution is -0.111. The first kappa shape index (κ1) is 11.1. The first-order chi connectivity index (χ1) is 7.87. The number of carbonyl (C=O) groups excluding carboxylic acids is 2. The molecule has 3 fully saturated rings. The number of ether oxygens (including phenoxy) is 1. The second kappa shape index (κ2) is 3.24. The van der Waals surface area contributed by atoms with Crippen LogP contribution >= 0.6 is 0 Å². The van der Waals surface area contributed by atoms with Gasteiger partial charge in [-0.2, -0.15) is 0 Å². The van der Waals surface area contributed by atoms with Gasteiger partial charge >= 0.3 is 6.09 Å². The number of nitrogens with zero attached hydrogens (tertiary/aromatic N) is 1. The van der Waals surface area contributed by atoms with Crippen LogP contribution in [-0.4, -0.2) is 34.5 Å². The van der Waals surface area contributed by atoms with Crippen LogP contribution in [0.4, 0.5) is 4.79 Å². The van der Waals surface area contributed by atoms with Gasteiger partial charge < -0.3 is 9.64 Å². The smallest absolute Gasteiger partial charge is 0.410 e. The molecular weight excluding hydrogens is 218 g/mol. The van der Waals surface area contributed by atoms with Gasteiger partial charge in [-0.05, 0) is 39.5 Å². The van der Waals surface area contributed by atoms with E-state index in [4.69, 9.17) is 4.74 Å². The SMILES string of the molecule is CC(C)(C)OC(=O)N1[C@@H]2C[C@@H]2C[C@H]1C1CC1=O. The molecule has 0 aromatic heterocycles. The Kier molecular flexibility index (Phi) is 2.11. The number of carbonyl (C=O) groups is 2. The highest BCUT2D eigenvalue weighted by Gasteiger charge is 2.60. The zero-order chi connectivity index (χ0) is 12.4. The van der Waals surface area contributed by atoms with E-state index < -0.39 is 5.60 Å². The fraction of sp³-hybridized carbons (Fsp3) is 0.846. The zero-order valence-electron chi connectivity index (χ0n) is 10.6. The van der Waals surface area contributed by atoms with Crippen LogP contribution in [0, 0.1) is 11.8 Å². The third kappa shape index (κ3) is 1.94. The second-order valence-corrected chi connectivity index (χ2v) is 6.53. The zero-order valence-corrected chi connectivity index (χ0v) is 10.6. The molecule has 17 heavy (non-hydrogen) atoms. The standard InChI is InChI=1S/C13H19NO3/c1-13(2,3)17-12(16)14-9-4-7(9)5-10(14)8-6-11(8)15/h7-10H,4-6H2,1-3H3/t7-,8?,9-,10+/m1/s1. The van der Waals surface area contributed by atoms with Gasteiger partial charge in [0, 0.05) is 24.4 Å². The van der Waals surface area contributed by atoms with Gasteiger partial charge in [-0.1, -0.05) is 0 Å². The van der Waals surface area contributed by atoms with Gasteiger partial charge in [0.1, 0.15) is 11.4 Å². The predicted molar refractivity (Wildman–Crippen MR) is 61.5 cm³/mol. The number of fused-ring (bicyclic) bond motifs is 1. The van der Waals surface area contributed by atoms with Gasteiger partial charge in [-0.3, -0.25) is 4.79 Å². The molecule has 0 aromatic carbocycles. The van der Waals surface area contributed by atoms with Crippen molar-refractivity contribution in [2.75, 3.05) is 0 Å². The summed E-state index contributed by atoms with van der Waals surface area (Å²) in [4.78, 5) is 25.3. The van der Waals surface area contributed by atoms with Crippen molar-refractivity contribution in [1.29, 1.82) is 0 Å². The Morgan fingerprint density at radius 3 is 2.41 bits per heavy atom. The maximum atomic E-state index is 12.1. The van der Waals surface area contributed by atoms with E-state index in [-0.39, 0.29) is 18.1 Å². The molecule has 3 aliphatic rings. The maximum absolute atomic E-state index is 12.1. The molecule has 4 nitrogen and oxygen atoms in total. The molecule has 2 aliphatic carbocycles. The second-order valence-electron chi connectivity index (χ2n) is 6.53. The quantitative estimate of drug-likeness (QED) is 0.700. The summed E-state index contributed by atoms with van der Waals surface area (Å²) < 4.78 is 5.44. The number of rotatable bonds is 1. The summed E-state index contributed by atoms with van der Waals surface area (Å²) in [6.07, 6.45) is 2.52. The third-order valence-corrected chi connectivity index (χ3v) is 3.89. The van der Waals surface area contributed by atoms with Crippen LogP contribution in [0.5, 0.6) is 0 Å². The van der Waals surface area contributed by atoms with E-state index in [0.29, 0.717) is 24.2 Å². The Morgan fingerprint density at radius 1 is 1.29 bits per heavy atom. The first-order valence-electron chi connectivity index (χ1n) is 6.41. The van der Waals surface area contributed by atoms with Crippen LogP contribution in [0.15, 0.2) is 0 Å². The lowest BCUT2D eigenvalue weighted by Crippen LogP contribution is -2.43. The Morgan fingerprint density at radius 2 is 1.88 bits per heavy atom. The lowest BCUT2D eigenvalue weighted by Gasteiger charge is -2.30. The molecule has 1 amide bonds. The maximum Gasteiger partial charge on any atom is 0.410 e. The number of amides is 1. The van der Waals surface area contributed by atoms with E-state index in [1.54, 1.807) is 0 Å². The Bertz CT molecular complexity index is 385. The van der Waals surface area contributed by atoms with Crippen LogP contribution in [0.3, 0.4) is 0 Å². The fourth-order valence-corrected chi connectivity index (χ4v) is 2.95. The van der Waals surface area contributed by atoms with Gasteiger partial charge in [0.2, 0.25) is 0 Å². The number of hydrogen-bond donors (Lipinski definition) is 0. The van der Waals surface area contributed by atoms with E-state index in [0.717, 1.165) is 12.8 Å². The van der Waals surface area contributed by atoms with Gasteiger partial charge in [0.25, 0.3) is 0 Å². The van der Waals surface area contributed by atoms with Crippen molar-refractivity contribution >= 4 is 11.9 Å². The number of piperidine rings is 1. The minimum absolute atomic E-state index is 0.107. The predicted octanol–water partition coefficient (Wildman–Crippen LogP) is 1.97. The molecule has 1 unspecified atom stereocenters. The Hall–Kier alpha value is -1.06. The summed E-state index contributed by atoms with van der Waals surface area (Å²) in [5.74, 6) is 1.04. The molecule has 4 heteroatoms. The van der Waals surface area contributed by atoms with Gasteiger partial charge in [-0.15, -0.1) is 0 Å². The van der Waals surface area contributed by atoms with E-state index in [2.05, 4.69) is 0 Å². The molecule has 0 radical (unpaired) electrons. The van der Waals surface area contributed by atoms with Crippen molar-refractivity contribution in [3.8, 4) is 0 Å². The number of Topliss-reactive ketones (excluding diaryl/α,β-unsaturated/α-hetero) is 1. The Labute approximate surface area is 101 Å². The average Bonchev–Trinajstić information content (AvgIpc) is 3.04. The van der Waals surface area contributed by atoms with E-state index in [1.165, 1.54) is 0 Å². The molecule has 0 spiro atoms. The summed E-state index contributed by atoms with van der Waals surface area (Å²) in [7, 11) is 0. The van der Waals surface area contributed by atoms with Crippen LogP contribution in [0.25, 0.3) is 0 Å². The summed E-state index contributed by atoms with van der Waals surface area (Å²) in [6, 6.07) is 0.476. The third-order valence-electron chi connectivity index (χ3n) is 3.89. The van der Waals surface area contributed by atoms with Crippen molar-refractivity contribution in [2.45, 2.75) is 57.7 Å². The number of ketones is 1. The van der Waals surface area contributed by atoms with Gasteiger partial charge in [-0.25, -0.2) is 4.79 Å². The van der Waals surface area contributed by atoms with Gasteiger partial charge in [0.15, 0.2) is 0 Å². The molecule has 0 aromatic rings. The lowest BCUT2D eigenvalue weighted by atomic mass is 10.1. The summed E-state index contributed by atoms with van der Waals surface area (Å²) in [5.41, 5.74) is -0.456. The molecule has 0 N–H and O–H groups in total. The topological polar surface area (TPSA) is 46.6 Å². The Balaban J connectivity index is 1.71. The number of hydrogen-bond acceptors (Lipinski definition) is 3. The number of likely N-dealkylation sites (tertiary alicyclic amines) is 1. The average molecular weight is 237 g/mol. The van der Waals surface area contributed by atoms with Crippen LogP contribution in [0.2, 0.25) is 0 Å². The first-order valence-corrected chi connectivity index (χ1v) is 6.41. The summed E-state index contributed by atoms with van der Waals surface area (Å²) in [5, 5.41) is 0. The molecule has 1 aliphatic heterocycles. The van der Waals surface area contributed by atoms with Crippen molar-refractivity contribution in [3.63, 3.8) is 0 Å². The monoisotopic (exact) mass is 237 g/mol. The summed E-state index contributed by atoms with van der Waals surface area (Å²) in [6.45, 7) is 5.63. The normalized spacial score (nSPS) is 39.0. The van der Waals surface area contributed by atoms with E-state index in [1.807, 2.05) is 25.7 Å². The van der Waals surface area contributed by atoms with Gasteiger partial charge in [0.05, 0.1) is 0 Å². The van der Waals surface area contributed by atoms with Crippen LogP contribution in [-0.2, 0) is 9.53 Å². The highest BCUT2D eigenvalue weighted by molar-refractivity contribution is 5.97.